The molecule has 3 nitrogen and oxygen atoms in total. The Morgan fingerprint density at radius 2 is 1.80 bits per heavy atom. The summed E-state index contributed by atoms with van der Waals surface area (Å²) < 4.78 is 4.89. The van der Waals surface area contributed by atoms with Crippen LogP contribution in [0.5, 0.6) is 0 Å². The average Bonchev–Trinajstić information content (AvgIpc) is 2.40. The maximum absolute atomic E-state index is 11.9. The molecule has 3 heteroatoms. The summed E-state index contributed by atoms with van der Waals surface area (Å²) in [6, 6.07) is 0. The highest BCUT2D eigenvalue weighted by Gasteiger charge is 2.61. The van der Waals surface area contributed by atoms with Crippen LogP contribution in [0.2, 0.25) is 0 Å². The molecule has 0 radical (unpaired) electrons. The summed E-state index contributed by atoms with van der Waals surface area (Å²) in [5.74, 6) is -0.162. The lowest BCUT2D eigenvalue weighted by molar-refractivity contribution is -0.161. The van der Waals surface area contributed by atoms with Gasteiger partial charge in [0.15, 0.2) is 0 Å². The Morgan fingerprint density at radius 3 is 2.13 bits per heavy atom. The number of hydrogen-bond donors (Lipinski definition) is 1. The van der Waals surface area contributed by atoms with Crippen LogP contribution in [-0.2, 0) is 9.53 Å². The topological polar surface area (TPSA) is 46.5 Å². The highest BCUT2D eigenvalue weighted by atomic mass is 16.5. The van der Waals surface area contributed by atoms with Crippen molar-refractivity contribution in [1.82, 2.24) is 0 Å². The van der Waals surface area contributed by atoms with Crippen LogP contribution >= 0.6 is 0 Å². The van der Waals surface area contributed by atoms with E-state index in [0.717, 1.165) is 12.8 Å². The lowest BCUT2D eigenvalue weighted by Crippen LogP contribution is -2.46. The van der Waals surface area contributed by atoms with Gasteiger partial charge in [-0.1, -0.05) is 20.8 Å². The first-order valence-electron chi connectivity index (χ1n) is 5.44. The number of ether oxygens (including phenoxy) is 1. The second-order valence-corrected chi connectivity index (χ2v) is 5.67. The summed E-state index contributed by atoms with van der Waals surface area (Å²) in [6.45, 7) is 8.20. The molecular weight excluding hydrogens is 192 g/mol. The zero-order valence-corrected chi connectivity index (χ0v) is 10.4. The molecule has 1 saturated carbocycles. The van der Waals surface area contributed by atoms with Crippen LogP contribution in [0.25, 0.3) is 0 Å². The molecule has 1 aliphatic rings. The van der Waals surface area contributed by atoms with E-state index in [1.165, 1.54) is 7.11 Å². The second-order valence-electron chi connectivity index (χ2n) is 5.67. The van der Waals surface area contributed by atoms with Crippen LogP contribution in [0, 0.1) is 16.2 Å². The van der Waals surface area contributed by atoms with E-state index in [1.807, 2.05) is 27.7 Å². The first-order chi connectivity index (χ1) is 6.75. The zero-order valence-electron chi connectivity index (χ0n) is 10.4. The van der Waals surface area contributed by atoms with Gasteiger partial charge in [0.2, 0.25) is 0 Å². The molecule has 0 spiro atoms. The quantitative estimate of drug-likeness (QED) is 0.715. The fourth-order valence-corrected chi connectivity index (χ4v) is 2.68. The van der Waals surface area contributed by atoms with E-state index in [4.69, 9.17) is 4.74 Å². The maximum Gasteiger partial charge on any atom is 0.312 e. The van der Waals surface area contributed by atoms with Gasteiger partial charge < -0.3 is 9.84 Å². The molecule has 1 N–H and O–H groups in total. The molecule has 0 aromatic carbocycles. The average molecular weight is 214 g/mol. The lowest BCUT2D eigenvalue weighted by atomic mass is 9.60. The SMILES string of the molecule is COC(=O)[C@@]1(C)CC[C@@](C)(CO)C1(C)C. The number of aliphatic hydroxyl groups is 1. The minimum atomic E-state index is -0.487. The molecule has 0 saturated heterocycles. The summed E-state index contributed by atoms with van der Waals surface area (Å²) in [4.78, 5) is 11.9. The van der Waals surface area contributed by atoms with Gasteiger partial charge in [0.05, 0.1) is 12.5 Å². The minimum absolute atomic E-state index is 0.118. The minimum Gasteiger partial charge on any atom is -0.469 e. The van der Waals surface area contributed by atoms with Gasteiger partial charge in [-0.2, -0.15) is 0 Å². The monoisotopic (exact) mass is 214 g/mol. The smallest absolute Gasteiger partial charge is 0.312 e. The molecule has 0 aliphatic heterocycles. The molecule has 0 bridgehead atoms. The van der Waals surface area contributed by atoms with Gasteiger partial charge in [0.1, 0.15) is 0 Å². The Hall–Kier alpha value is -0.570. The predicted molar refractivity (Wildman–Crippen MR) is 58.3 cm³/mol. The van der Waals surface area contributed by atoms with E-state index in [2.05, 4.69) is 0 Å². The summed E-state index contributed by atoms with van der Waals surface area (Å²) in [5.41, 5.74) is -0.934. The van der Waals surface area contributed by atoms with Crippen molar-refractivity contribution in [2.45, 2.75) is 40.5 Å². The van der Waals surface area contributed by atoms with Crippen molar-refractivity contribution in [3.63, 3.8) is 0 Å². The molecule has 0 aromatic heterocycles. The van der Waals surface area contributed by atoms with Gasteiger partial charge in [-0.3, -0.25) is 4.79 Å². The van der Waals surface area contributed by atoms with E-state index >= 15 is 0 Å². The van der Waals surface area contributed by atoms with Gasteiger partial charge in [-0.05, 0) is 30.6 Å². The Bertz CT molecular complexity index is 272. The third kappa shape index (κ3) is 1.40. The fraction of sp³-hybridized carbons (Fsp3) is 0.917. The number of hydrogen-bond acceptors (Lipinski definition) is 3. The van der Waals surface area contributed by atoms with E-state index in [-0.39, 0.29) is 23.4 Å². The maximum atomic E-state index is 11.9. The first-order valence-corrected chi connectivity index (χ1v) is 5.44. The summed E-state index contributed by atoms with van der Waals surface area (Å²) in [5, 5.41) is 9.50. The van der Waals surface area contributed by atoms with Crippen LogP contribution in [0.3, 0.4) is 0 Å². The van der Waals surface area contributed by atoms with Crippen molar-refractivity contribution >= 4 is 5.97 Å². The van der Waals surface area contributed by atoms with Crippen molar-refractivity contribution in [3.8, 4) is 0 Å². The van der Waals surface area contributed by atoms with Gasteiger partial charge >= 0.3 is 5.97 Å². The fourth-order valence-electron chi connectivity index (χ4n) is 2.68. The van der Waals surface area contributed by atoms with E-state index in [1.54, 1.807) is 0 Å². The molecule has 0 unspecified atom stereocenters. The number of carbonyl (C=O) groups excluding carboxylic acids is 1. The standard InChI is InChI=1S/C12H22O3/c1-10(2)11(3,8-13)6-7-12(10,4)9(14)15-5/h13H,6-8H2,1-5H3/t11-,12+/m0/s1. The molecule has 0 amide bonds. The number of carbonyl (C=O) groups is 1. The van der Waals surface area contributed by atoms with Crippen molar-refractivity contribution in [1.29, 1.82) is 0 Å². The molecule has 2 atom stereocenters. The summed E-state index contributed by atoms with van der Waals surface area (Å²) >= 11 is 0. The van der Waals surface area contributed by atoms with Crippen molar-refractivity contribution < 1.29 is 14.6 Å². The van der Waals surface area contributed by atoms with Crippen molar-refractivity contribution in [3.05, 3.63) is 0 Å². The van der Waals surface area contributed by atoms with E-state index < -0.39 is 5.41 Å². The Labute approximate surface area is 91.8 Å². The van der Waals surface area contributed by atoms with Crippen LogP contribution in [0.4, 0.5) is 0 Å². The van der Waals surface area contributed by atoms with Crippen LogP contribution in [-0.4, -0.2) is 24.8 Å². The molecule has 1 fully saturated rings. The second kappa shape index (κ2) is 3.48. The Balaban J connectivity index is 3.12. The van der Waals surface area contributed by atoms with Gasteiger partial charge in [0.25, 0.3) is 0 Å². The van der Waals surface area contributed by atoms with Gasteiger partial charge in [-0.25, -0.2) is 0 Å². The molecule has 1 rings (SSSR count). The number of rotatable bonds is 2. The third-order valence-corrected chi connectivity index (χ3v) is 5.05. The molecule has 15 heavy (non-hydrogen) atoms. The summed E-state index contributed by atoms with van der Waals surface area (Å²) in [7, 11) is 1.43. The highest BCUT2D eigenvalue weighted by Crippen LogP contribution is 2.62. The van der Waals surface area contributed by atoms with E-state index in [9.17, 15) is 9.90 Å². The molecular formula is C12H22O3. The predicted octanol–water partition coefficient (Wildman–Crippen LogP) is 1.98. The van der Waals surface area contributed by atoms with Crippen LogP contribution < -0.4 is 0 Å². The van der Waals surface area contributed by atoms with E-state index in [0.29, 0.717) is 0 Å². The molecule has 0 heterocycles. The Kier molecular flexibility index (Phi) is 2.90. The summed E-state index contributed by atoms with van der Waals surface area (Å²) in [6.07, 6.45) is 1.64. The van der Waals surface area contributed by atoms with Gasteiger partial charge in [0, 0.05) is 6.61 Å². The lowest BCUT2D eigenvalue weighted by Gasteiger charge is -2.44. The van der Waals surface area contributed by atoms with Crippen LogP contribution in [0.15, 0.2) is 0 Å². The highest BCUT2D eigenvalue weighted by molar-refractivity contribution is 5.78. The number of aliphatic hydroxyl groups excluding tert-OH is 1. The number of methoxy groups -OCH3 is 1. The molecule has 1 aliphatic carbocycles. The van der Waals surface area contributed by atoms with Crippen LogP contribution in [0.1, 0.15) is 40.5 Å². The normalized spacial score (nSPS) is 39.1. The van der Waals surface area contributed by atoms with Crippen molar-refractivity contribution in [2.75, 3.05) is 13.7 Å². The van der Waals surface area contributed by atoms with Gasteiger partial charge in [-0.15, -0.1) is 0 Å². The number of esters is 1. The third-order valence-electron chi connectivity index (χ3n) is 5.05. The first kappa shape index (κ1) is 12.5. The molecule has 88 valence electrons. The largest absolute Gasteiger partial charge is 0.469 e. The van der Waals surface area contributed by atoms with Crippen molar-refractivity contribution in [2.24, 2.45) is 16.2 Å². The zero-order chi connectivity index (χ0) is 11.9. The Morgan fingerprint density at radius 1 is 1.27 bits per heavy atom. The molecule has 0 aromatic rings.